The van der Waals surface area contributed by atoms with Gasteiger partial charge in [0.1, 0.15) is 5.69 Å². The molecule has 19 heavy (non-hydrogen) atoms. The van der Waals surface area contributed by atoms with Crippen molar-refractivity contribution in [3.05, 3.63) is 44.7 Å². The molecule has 0 saturated heterocycles. The van der Waals surface area contributed by atoms with Crippen LogP contribution < -0.4 is 5.32 Å². The Morgan fingerprint density at radius 1 is 1.26 bits per heavy atom. The molecule has 2 aromatic rings. The Kier molecular flexibility index (Phi) is 4.04. The Hall–Kier alpha value is -1.23. The highest BCUT2D eigenvalue weighted by molar-refractivity contribution is 6.40. The van der Waals surface area contributed by atoms with E-state index in [4.69, 9.17) is 34.8 Å². The number of carbonyl (C=O) groups is 1. The highest BCUT2D eigenvalue weighted by Gasteiger charge is 2.18. The molecule has 100 valence electrons. The third-order valence-electron chi connectivity index (χ3n) is 2.67. The summed E-state index contributed by atoms with van der Waals surface area (Å²) in [6.45, 7) is 1.76. The van der Waals surface area contributed by atoms with Crippen LogP contribution >= 0.6 is 34.8 Å². The van der Waals surface area contributed by atoms with Gasteiger partial charge in [-0.05, 0) is 19.1 Å². The first kappa shape index (κ1) is 14.2. The molecule has 1 heterocycles. The Morgan fingerprint density at radius 3 is 2.37 bits per heavy atom. The van der Waals surface area contributed by atoms with Gasteiger partial charge in [0.05, 0.1) is 27.5 Å². The van der Waals surface area contributed by atoms with E-state index in [1.807, 2.05) is 0 Å². The van der Waals surface area contributed by atoms with E-state index in [-0.39, 0.29) is 5.91 Å². The summed E-state index contributed by atoms with van der Waals surface area (Å²) in [5.41, 5.74) is 1.61. The van der Waals surface area contributed by atoms with Crippen molar-refractivity contribution in [1.82, 2.24) is 15.1 Å². The molecule has 0 spiro atoms. The SMILES string of the molecule is CNC(=O)c1cnn(-c2c(Cl)cc(Cl)cc2Cl)c1C. The van der Waals surface area contributed by atoms with E-state index >= 15 is 0 Å². The lowest BCUT2D eigenvalue weighted by Crippen LogP contribution is -2.18. The average molecular weight is 319 g/mol. The van der Waals surface area contributed by atoms with Gasteiger partial charge in [0.25, 0.3) is 5.91 Å². The maximum absolute atomic E-state index is 11.7. The molecule has 0 aliphatic rings. The van der Waals surface area contributed by atoms with Gasteiger partial charge in [0, 0.05) is 12.1 Å². The number of nitrogens with one attached hydrogen (secondary N) is 1. The standard InChI is InChI=1S/C12H10Cl3N3O/c1-6-8(12(19)16-2)5-17-18(6)11-9(14)3-7(13)4-10(11)15/h3-5H,1-2H3,(H,16,19). The number of amides is 1. The molecule has 1 amide bonds. The predicted octanol–water partition coefficient (Wildman–Crippen LogP) is 3.50. The number of aromatic nitrogens is 2. The van der Waals surface area contributed by atoms with Crippen molar-refractivity contribution in [2.24, 2.45) is 0 Å². The monoisotopic (exact) mass is 317 g/mol. The van der Waals surface area contributed by atoms with Crippen LogP contribution in [0.3, 0.4) is 0 Å². The summed E-state index contributed by atoms with van der Waals surface area (Å²) >= 11 is 18.1. The van der Waals surface area contributed by atoms with Gasteiger partial charge in [-0.15, -0.1) is 0 Å². The van der Waals surface area contributed by atoms with E-state index in [2.05, 4.69) is 10.4 Å². The molecule has 0 fully saturated rings. The predicted molar refractivity (Wildman–Crippen MR) is 76.7 cm³/mol. The van der Waals surface area contributed by atoms with Crippen LogP contribution in [-0.2, 0) is 0 Å². The third kappa shape index (κ3) is 2.56. The van der Waals surface area contributed by atoms with Gasteiger partial charge < -0.3 is 5.32 Å². The number of halogens is 3. The van der Waals surface area contributed by atoms with Gasteiger partial charge in [0.15, 0.2) is 0 Å². The minimum atomic E-state index is -0.218. The minimum absolute atomic E-state index is 0.218. The largest absolute Gasteiger partial charge is 0.355 e. The molecular formula is C12H10Cl3N3O. The van der Waals surface area contributed by atoms with Crippen molar-refractivity contribution in [3.8, 4) is 5.69 Å². The highest BCUT2D eigenvalue weighted by atomic mass is 35.5. The van der Waals surface area contributed by atoms with Crippen LogP contribution in [0.1, 0.15) is 16.1 Å². The molecule has 0 atom stereocenters. The fourth-order valence-corrected chi connectivity index (χ4v) is 2.71. The summed E-state index contributed by atoms with van der Waals surface area (Å²) in [4.78, 5) is 11.7. The zero-order valence-electron chi connectivity index (χ0n) is 10.2. The number of carbonyl (C=O) groups excluding carboxylic acids is 1. The lowest BCUT2D eigenvalue weighted by atomic mass is 10.2. The normalized spacial score (nSPS) is 10.6. The Labute approximate surface area is 125 Å². The first-order chi connectivity index (χ1) is 8.95. The van der Waals surface area contributed by atoms with Crippen LogP contribution in [0.4, 0.5) is 0 Å². The number of hydrogen-bond donors (Lipinski definition) is 1. The van der Waals surface area contributed by atoms with Gasteiger partial charge >= 0.3 is 0 Å². The molecule has 1 aromatic heterocycles. The molecule has 0 saturated carbocycles. The summed E-state index contributed by atoms with van der Waals surface area (Å²) in [6.07, 6.45) is 1.47. The molecule has 0 radical (unpaired) electrons. The van der Waals surface area contributed by atoms with Crippen LogP contribution in [0.15, 0.2) is 18.3 Å². The maximum atomic E-state index is 11.7. The average Bonchev–Trinajstić information content (AvgIpc) is 2.69. The summed E-state index contributed by atoms with van der Waals surface area (Å²) in [5, 5.41) is 7.87. The minimum Gasteiger partial charge on any atom is -0.355 e. The van der Waals surface area contributed by atoms with Crippen LogP contribution in [0.25, 0.3) is 5.69 Å². The van der Waals surface area contributed by atoms with E-state index < -0.39 is 0 Å². The van der Waals surface area contributed by atoms with E-state index in [0.717, 1.165) is 0 Å². The van der Waals surface area contributed by atoms with Gasteiger partial charge in [-0.25, -0.2) is 4.68 Å². The Balaban J connectivity index is 2.61. The lowest BCUT2D eigenvalue weighted by Gasteiger charge is -2.10. The second kappa shape index (κ2) is 5.41. The Bertz CT molecular complexity index is 629. The van der Waals surface area contributed by atoms with Crippen molar-refractivity contribution in [2.45, 2.75) is 6.92 Å². The van der Waals surface area contributed by atoms with Crippen LogP contribution in [0.2, 0.25) is 15.1 Å². The van der Waals surface area contributed by atoms with Gasteiger partial charge in [-0.1, -0.05) is 34.8 Å². The second-order valence-corrected chi connectivity index (χ2v) is 5.10. The lowest BCUT2D eigenvalue weighted by molar-refractivity contribution is 0.0962. The first-order valence-corrected chi connectivity index (χ1v) is 6.50. The van der Waals surface area contributed by atoms with E-state index in [1.54, 1.807) is 26.1 Å². The number of rotatable bonds is 2. The van der Waals surface area contributed by atoms with Crippen molar-refractivity contribution in [1.29, 1.82) is 0 Å². The van der Waals surface area contributed by atoms with Crippen molar-refractivity contribution >= 4 is 40.7 Å². The van der Waals surface area contributed by atoms with E-state index in [0.29, 0.717) is 32.0 Å². The molecule has 7 heteroatoms. The summed E-state index contributed by atoms with van der Waals surface area (Å²) in [5.74, 6) is -0.218. The Morgan fingerprint density at radius 2 is 1.84 bits per heavy atom. The fraction of sp³-hybridized carbons (Fsp3) is 0.167. The molecule has 2 rings (SSSR count). The van der Waals surface area contributed by atoms with Crippen molar-refractivity contribution in [2.75, 3.05) is 7.05 Å². The van der Waals surface area contributed by atoms with Crippen LogP contribution in [0.5, 0.6) is 0 Å². The maximum Gasteiger partial charge on any atom is 0.254 e. The van der Waals surface area contributed by atoms with E-state index in [1.165, 1.54) is 10.9 Å². The van der Waals surface area contributed by atoms with Crippen molar-refractivity contribution < 1.29 is 4.79 Å². The molecule has 1 N–H and O–H groups in total. The topological polar surface area (TPSA) is 46.9 Å². The molecule has 0 aliphatic carbocycles. The zero-order valence-corrected chi connectivity index (χ0v) is 12.4. The molecule has 1 aromatic carbocycles. The first-order valence-electron chi connectivity index (χ1n) is 5.37. The number of nitrogens with zero attached hydrogens (tertiary/aromatic N) is 2. The van der Waals surface area contributed by atoms with Crippen LogP contribution in [0, 0.1) is 6.92 Å². The zero-order chi connectivity index (χ0) is 14.2. The summed E-state index contributed by atoms with van der Waals surface area (Å²) in [6, 6.07) is 3.15. The molecule has 0 unspecified atom stereocenters. The molecule has 0 bridgehead atoms. The smallest absolute Gasteiger partial charge is 0.254 e. The summed E-state index contributed by atoms with van der Waals surface area (Å²) in [7, 11) is 1.56. The van der Waals surface area contributed by atoms with E-state index in [9.17, 15) is 4.79 Å². The van der Waals surface area contributed by atoms with Gasteiger partial charge in [-0.2, -0.15) is 5.10 Å². The number of benzene rings is 1. The van der Waals surface area contributed by atoms with Gasteiger partial charge in [0.2, 0.25) is 0 Å². The molecule has 4 nitrogen and oxygen atoms in total. The highest BCUT2D eigenvalue weighted by Crippen LogP contribution is 2.32. The number of hydrogen-bond acceptors (Lipinski definition) is 2. The third-order valence-corrected chi connectivity index (χ3v) is 3.47. The molecular weight excluding hydrogens is 309 g/mol. The van der Waals surface area contributed by atoms with Crippen molar-refractivity contribution in [3.63, 3.8) is 0 Å². The second-order valence-electron chi connectivity index (χ2n) is 3.85. The van der Waals surface area contributed by atoms with Crippen LogP contribution in [-0.4, -0.2) is 22.7 Å². The molecule has 0 aliphatic heterocycles. The summed E-state index contributed by atoms with van der Waals surface area (Å²) < 4.78 is 1.52. The van der Waals surface area contributed by atoms with Gasteiger partial charge in [-0.3, -0.25) is 4.79 Å². The fourth-order valence-electron chi connectivity index (χ4n) is 1.73. The quantitative estimate of drug-likeness (QED) is 0.921.